The summed E-state index contributed by atoms with van der Waals surface area (Å²) in [6, 6.07) is 0.504. The lowest BCUT2D eigenvalue weighted by Gasteiger charge is -2.26. The van der Waals surface area contributed by atoms with Crippen LogP contribution < -0.4 is 4.90 Å². The predicted molar refractivity (Wildman–Crippen MR) is 69.3 cm³/mol. The number of nitrogens with one attached hydrogen (secondary N) is 1. The second-order valence-electron chi connectivity index (χ2n) is 3.52. The topological polar surface area (TPSA) is 36.9 Å². The van der Waals surface area contributed by atoms with Crippen LogP contribution in [0.1, 0.15) is 13.3 Å². The van der Waals surface area contributed by atoms with Crippen molar-refractivity contribution in [1.82, 2.24) is 14.8 Å². The Morgan fingerprint density at radius 2 is 2.33 bits per heavy atom. The van der Waals surface area contributed by atoms with E-state index in [9.17, 15) is 0 Å². The van der Waals surface area contributed by atoms with Crippen molar-refractivity contribution >= 4 is 29.9 Å². The van der Waals surface area contributed by atoms with Crippen LogP contribution in [0.5, 0.6) is 0 Å². The van der Waals surface area contributed by atoms with Gasteiger partial charge in [0, 0.05) is 25.9 Å². The molecule has 0 radical (unpaired) electrons. The molecule has 15 heavy (non-hydrogen) atoms. The van der Waals surface area contributed by atoms with Gasteiger partial charge in [0.25, 0.3) is 0 Å². The van der Waals surface area contributed by atoms with Gasteiger partial charge in [0.2, 0.25) is 5.95 Å². The molecule has 0 saturated heterocycles. The Morgan fingerprint density at radius 1 is 1.67 bits per heavy atom. The Bertz CT molecular complexity index is 357. The summed E-state index contributed by atoms with van der Waals surface area (Å²) >= 11 is 6.95. The number of anilines is 1. The van der Waals surface area contributed by atoms with E-state index in [-0.39, 0.29) is 0 Å². The van der Waals surface area contributed by atoms with Gasteiger partial charge in [-0.2, -0.15) is 11.8 Å². The highest BCUT2D eigenvalue weighted by atomic mass is 32.2. The number of nitrogens with zero attached hydrogens (tertiary/aromatic N) is 3. The number of aromatic amines is 1. The molecule has 0 fully saturated rings. The van der Waals surface area contributed by atoms with E-state index >= 15 is 0 Å². The molecule has 1 aromatic heterocycles. The second kappa shape index (κ2) is 5.55. The number of hydrogen-bond donors (Lipinski definition) is 1. The highest BCUT2D eigenvalue weighted by Crippen LogP contribution is 2.15. The van der Waals surface area contributed by atoms with E-state index in [1.165, 1.54) is 0 Å². The quantitative estimate of drug-likeness (QED) is 0.807. The predicted octanol–water partition coefficient (Wildman–Crippen LogP) is 2.06. The van der Waals surface area contributed by atoms with Crippen LogP contribution in [0, 0.1) is 4.77 Å². The van der Waals surface area contributed by atoms with Gasteiger partial charge in [-0.1, -0.05) is 6.92 Å². The van der Waals surface area contributed by atoms with Gasteiger partial charge in [-0.05, 0) is 24.9 Å². The lowest BCUT2D eigenvalue weighted by Crippen LogP contribution is -2.34. The molecular weight excluding hydrogens is 228 g/mol. The molecule has 1 unspecified atom stereocenters. The molecule has 4 nitrogen and oxygen atoms in total. The highest BCUT2D eigenvalue weighted by Gasteiger charge is 2.16. The normalized spacial score (nSPS) is 12.8. The molecule has 86 valence electrons. The Morgan fingerprint density at radius 3 is 2.73 bits per heavy atom. The second-order valence-corrected chi connectivity index (χ2v) is 4.81. The zero-order valence-corrected chi connectivity index (χ0v) is 11.3. The van der Waals surface area contributed by atoms with Crippen molar-refractivity contribution in [1.29, 1.82) is 0 Å². The van der Waals surface area contributed by atoms with E-state index in [2.05, 4.69) is 35.3 Å². The zero-order valence-electron chi connectivity index (χ0n) is 9.65. The van der Waals surface area contributed by atoms with E-state index in [4.69, 9.17) is 12.2 Å². The molecule has 1 N–H and O–H groups in total. The van der Waals surface area contributed by atoms with Crippen molar-refractivity contribution < 1.29 is 0 Å². The molecule has 0 bridgehead atoms. The third-order valence-corrected chi connectivity index (χ3v) is 3.63. The average Bonchev–Trinajstić information content (AvgIpc) is 2.55. The Hall–Kier alpha value is -0.490. The van der Waals surface area contributed by atoms with E-state index in [0.717, 1.165) is 18.1 Å². The molecule has 6 heteroatoms. The van der Waals surface area contributed by atoms with Gasteiger partial charge in [-0.25, -0.2) is 5.10 Å². The maximum absolute atomic E-state index is 5.09. The molecule has 1 heterocycles. The van der Waals surface area contributed by atoms with Crippen molar-refractivity contribution in [2.45, 2.75) is 19.4 Å². The molecule has 0 aliphatic carbocycles. The van der Waals surface area contributed by atoms with Gasteiger partial charge in [-0.3, -0.25) is 4.57 Å². The summed E-state index contributed by atoms with van der Waals surface area (Å²) < 4.78 is 2.56. The Balaban J connectivity index is 2.87. The van der Waals surface area contributed by atoms with E-state index in [1.807, 2.05) is 23.4 Å². The van der Waals surface area contributed by atoms with Gasteiger partial charge in [0.15, 0.2) is 4.77 Å². The molecule has 0 aliphatic heterocycles. The number of hydrogen-bond acceptors (Lipinski definition) is 4. The van der Waals surface area contributed by atoms with E-state index in [0.29, 0.717) is 10.8 Å². The minimum atomic E-state index is 0.504. The lowest BCUT2D eigenvalue weighted by molar-refractivity contribution is 0.644. The van der Waals surface area contributed by atoms with E-state index < -0.39 is 0 Å². The lowest BCUT2D eigenvalue weighted by atomic mass is 10.2. The maximum Gasteiger partial charge on any atom is 0.225 e. The van der Waals surface area contributed by atoms with Crippen molar-refractivity contribution in [2.24, 2.45) is 7.05 Å². The SMILES string of the molecule is CCC(CSC)N(C)c1n[nH]c(=S)n1C. The number of aromatic nitrogens is 3. The largest absolute Gasteiger partial charge is 0.340 e. The molecule has 0 spiro atoms. The fourth-order valence-electron chi connectivity index (χ4n) is 1.51. The van der Waals surface area contributed by atoms with Crippen LogP contribution in [0.2, 0.25) is 0 Å². The first-order chi connectivity index (χ1) is 7.11. The number of H-pyrrole nitrogens is 1. The van der Waals surface area contributed by atoms with Crippen molar-refractivity contribution in [2.75, 3.05) is 24.0 Å². The first kappa shape index (κ1) is 12.6. The molecule has 1 rings (SSSR count). The zero-order chi connectivity index (χ0) is 11.4. The summed E-state index contributed by atoms with van der Waals surface area (Å²) in [5.41, 5.74) is 0. The minimum absolute atomic E-state index is 0.504. The van der Waals surface area contributed by atoms with Gasteiger partial charge in [-0.15, -0.1) is 5.10 Å². The Kier molecular flexibility index (Phi) is 4.66. The summed E-state index contributed by atoms with van der Waals surface area (Å²) in [5.74, 6) is 2.01. The molecule has 0 saturated carbocycles. The summed E-state index contributed by atoms with van der Waals surface area (Å²) in [4.78, 5) is 2.18. The van der Waals surface area contributed by atoms with Crippen LogP contribution >= 0.6 is 24.0 Å². The van der Waals surface area contributed by atoms with Crippen molar-refractivity contribution in [3.05, 3.63) is 4.77 Å². The van der Waals surface area contributed by atoms with Crippen LogP contribution in [0.15, 0.2) is 0 Å². The third kappa shape index (κ3) is 2.75. The molecule has 1 aromatic rings. The van der Waals surface area contributed by atoms with Gasteiger partial charge in [0.1, 0.15) is 0 Å². The van der Waals surface area contributed by atoms with Crippen molar-refractivity contribution in [3.63, 3.8) is 0 Å². The van der Waals surface area contributed by atoms with Crippen LogP contribution in [0.3, 0.4) is 0 Å². The van der Waals surface area contributed by atoms with Crippen molar-refractivity contribution in [3.8, 4) is 0 Å². The standard InChI is InChI=1S/C9H18N4S2/c1-5-7(6-15-4)12(2)8-10-11-9(14)13(8)3/h7H,5-6H2,1-4H3,(H,11,14). The molecule has 1 atom stereocenters. The molecular formula is C9H18N4S2. The molecule has 0 aliphatic rings. The molecule has 0 aromatic carbocycles. The first-order valence-electron chi connectivity index (χ1n) is 4.95. The smallest absolute Gasteiger partial charge is 0.225 e. The number of thioether (sulfide) groups is 1. The summed E-state index contributed by atoms with van der Waals surface area (Å²) in [6.07, 6.45) is 3.23. The monoisotopic (exact) mass is 246 g/mol. The third-order valence-electron chi connectivity index (χ3n) is 2.55. The van der Waals surface area contributed by atoms with Crippen LogP contribution in [0.25, 0.3) is 0 Å². The van der Waals surface area contributed by atoms with Gasteiger partial charge < -0.3 is 4.90 Å². The van der Waals surface area contributed by atoms with Crippen LogP contribution in [-0.2, 0) is 7.05 Å². The number of rotatable bonds is 5. The molecule has 0 amide bonds. The minimum Gasteiger partial charge on any atom is -0.340 e. The first-order valence-corrected chi connectivity index (χ1v) is 6.75. The van der Waals surface area contributed by atoms with E-state index in [1.54, 1.807) is 0 Å². The van der Waals surface area contributed by atoms with Crippen LogP contribution in [0.4, 0.5) is 5.95 Å². The van der Waals surface area contributed by atoms with Gasteiger partial charge in [0.05, 0.1) is 0 Å². The Labute approximate surface area is 100 Å². The highest BCUT2D eigenvalue weighted by molar-refractivity contribution is 7.98. The summed E-state index contributed by atoms with van der Waals surface area (Å²) in [7, 11) is 4.00. The fourth-order valence-corrected chi connectivity index (χ4v) is 2.48. The fraction of sp³-hybridized carbons (Fsp3) is 0.778. The summed E-state index contributed by atoms with van der Waals surface area (Å²) in [6.45, 7) is 2.19. The summed E-state index contributed by atoms with van der Waals surface area (Å²) in [5, 5.41) is 7.03. The van der Waals surface area contributed by atoms with Gasteiger partial charge >= 0.3 is 0 Å². The van der Waals surface area contributed by atoms with Crippen LogP contribution in [-0.4, -0.2) is 39.9 Å². The average molecular weight is 246 g/mol. The maximum atomic E-state index is 5.09.